The van der Waals surface area contributed by atoms with Gasteiger partial charge < -0.3 is 9.84 Å². The molecule has 1 amide bonds. The SMILES string of the molecule is N#Cc1ccc2c(c1)CCN(C(=O)OCC1c3ccccc3-c3ccccc31)C2C(=O)O. The predicted octanol–water partition coefficient (Wildman–Crippen LogP) is 4.49. The van der Waals surface area contributed by atoms with Gasteiger partial charge in [-0.05, 0) is 51.9 Å². The van der Waals surface area contributed by atoms with E-state index >= 15 is 0 Å². The highest BCUT2D eigenvalue weighted by molar-refractivity contribution is 5.83. The Kier molecular flexibility index (Phi) is 4.87. The molecule has 5 rings (SSSR count). The largest absolute Gasteiger partial charge is 0.479 e. The number of carboxylic acids is 1. The third-order valence-corrected chi connectivity index (χ3v) is 6.30. The summed E-state index contributed by atoms with van der Waals surface area (Å²) in [5.74, 6) is -1.21. The molecule has 0 radical (unpaired) electrons. The van der Waals surface area contributed by atoms with Gasteiger partial charge in [0.1, 0.15) is 6.61 Å². The molecule has 1 atom stereocenters. The van der Waals surface area contributed by atoms with Gasteiger partial charge in [0.05, 0.1) is 11.6 Å². The summed E-state index contributed by atoms with van der Waals surface area (Å²) in [7, 11) is 0. The zero-order valence-corrected chi connectivity index (χ0v) is 17.2. The lowest BCUT2D eigenvalue weighted by Crippen LogP contribution is -2.44. The van der Waals surface area contributed by atoms with Crippen LogP contribution < -0.4 is 0 Å². The van der Waals surface area contributed by atoms with Crippen molar-refractivity contribution in [3.8, 4) is 17.2 Å². The van der Waals surface area contributed by atoms with Crippen molar-refractivity contribution in [2.24, 2.45) is 0 Å². The number of carbonyl (C=O) groups excluding carboxylic acids is 1. The minimum atomic E-state index is -1.14. The summed E-state index contributed by atoms with van der Waals surface area (Å²) in [6, 6.07) is 22.0. The van der Waals surface area contributed by atoms with E-state index in [4.69, 9.17) is 10.00 Å². The van der Waals surface area contributed by atoms with E-state index in [1.807, 2.05) is 36.4 Å². The van der Waals surface area contributed by atoms with E-state index in [2.05, 4.69) is 18.2 Å². The minimum absolute atomic E-state index is 0.0927. The number of ether oxygens (including phenoxy) is 1. The van der Waals surface area contributed by atoms with Gasteiger partial charge in [-0.3, -0.25) is 4.90 Å². The Hall–Kier alpha value is -4.11. The summed E-state index contributed by atoms with van der Waals surface area (Å²) >= 11 is 0. The predicted molar refractivity (Wildman–Crippen MR) is 117 cm³/mol. The summed E-state index contributed by atoms with van der Waals surface area (Å²) in [6.07, 6.45) is -0.173. The maximum atomic E-state index is 13.0. The molecule has 1 aliphatic heterocycles. The van der Waals surface area contributed by atoms with Crippen molar-refractivity contribution < 1.29 is 19.4 Å². The van der Waals surface area contributed by atoms with Crippen LogP contribution in [0.25, 0.3) is 11.1 Å². The lowest BCUT2D eigenvalue weighted by atomic mass is 9.91. The fourth-order valence-corrected chi connectivity index (χ4v) is 4.84. The van der Waals surface area contributed by atoms with Crippen LogP contribution >= 0.6 is 0 Å². The Balaban J connectivity index is 1.39. The van der Waals surface area contributed by atoms with E-state index in [-0.39, 0.29) is 19.1 Å². The molecule has 1 aliphatic carbocycles. The van der Waals surface area contributed by atoms with Gasteiger partial charge in [-0.2, -0.15) is 5.26 Å². The van der Waals surface area contributed by atoms with Crippen LogP contribution in [0.5, 0.6) is 0 Å². The number of nitriles is 1. The van der Waals surface area contributed by atoms with E-state index < -0.39 is 18.1 Å². The molecule has 0 fully saturated rings. The molecule has 32 heavy (non-hydrogen) atoms. The topological polar surface area (TPSA) is 90.6 Å². The van der Waals surface area contributed by atoms with E-state index in [9.17, 15) is 14.7 Å². The van der Waals surface area contributed by atoms with E-state index in [1.165, 1.54) is 4.90 Å². The molecule has 3 aromatic carbocycles. The summed E-state index contributed by atoms with van der Waals surface area (Å²) in [6.45, 7) is 0.353. The van der Waals surface area contributed by atoms with Crippen molar-refractivity contribution in [3.63, 3.8) is 0 Å². The Bertz CT molecular complexity index is 1230. The van der Waals surface area contributed by atoms with Crippen LogP contribution in [0.3, 0.4) is 0 Å². The van der Waals surface area contributed by atoms with Crippen molar-refractivity contribution in [1.29, 1.82) is 5.26 Å². The summed E-state index contributed by atoms with van der Waals surface area (Å²) in [5, 5.41) is 19.0. The number of aliphatic carboxylic acids is 1. The molecule has 6 heteroatoms. The second-order valence-corrected chi connectivity index (χ2v) is 8.01. The molecule has 158 valence electrons. The molecular weight excluding hydrogens is 404 g/mol. The molecule has 0 aromatic heterocycles. The second kappa shape index (κ2) is 7.86. The number of hydrogen-bond donors (Lipinski definition) is 1. The van der Waals surface area contributed by atoms with Crippen molar-refractivity contribution in [2.45, 2.75) is 18.4 Å². The van der Waals surface area contributed by atoms with Gasteiger partial charge in [-0.1, -0.05) is 54.6 Å². The molecule has 2 aliphatic rings. The Labute approximate surface area is 185 Å². The first-order valence-electron chi connectivity index (χ1n) is 10.5. The summed E-state index contributed by atoms with van der Waals surface area (Å²) in [4.78, 5) is 26.3. The van der Waals surface area contributed by atoms with Crippen LogP contribution in [0.4, 0.5) is 4.79 Å². The first-order valence-corrected chi connectivity index (χ1v) is 10.5. The number of rotatable bonds is 3. The van der Waals surface area contributed by atoms with Crippen LogP contribution in [-0.2, 0) is 16.0 Å². The van der Waals surface area contributed by atoms with Gasteiger partial charge in [-0.25, -0.2) is 9.59 Å². The zero-order chi connectivity index (χ0) is 22.2. The van der Waals surface area contributed by atoms with Crippen molar-refractivity contribution in [2.75, 3.05) is 13.2 Å². The van der Waals surface area contributed by atoms with Crippen molar-refractivity contribution in [3.05, 3.63) is 94.5 Å². The van der Waals surface area contributed by atoms with Gasteiger partial charge in [0.2, 0.25) is 0 Å². The highest BCUT2D eigenvalue weighted by Gasteiger charge is 2.38. The number of fused-ring (bicyclic) bond motifs is 4. The standard InChI is InChI=1S/C26H20N2O4/c27-14-16-9-10-18-17(13-16)11-12-28(24(18)25(29)30)26(31)32-15-23-21-7-3-1-5-19(21)20-6-2-4-8-22(20)23/h1-10,13,23-24H,11-12,15H2,(H,29,30). The maximum absolute atomic E-state index is 13.0. The van der Waals surface area contributed by atoms with Gasteiger partial charge >= 0.3 is 12.1 Å². The molecule has 1 unspecified atom stereocenters. The number of carbonyl (C=O) groups is 2. The Morgan fingerprint density at radius 1 is 1.00 bits per heavy atom. The van der Waals surface area contributed by atoms with Crippen LogP contribution in [0.1, 0.15) is 39.8 Å². The Morgan fingerprint density at radius 2 is 1.66 bits per heavy atom. The zero-order valence-electron chi connectivity index (χ0n) is 17.2. The van der Waals surface area contributed by atoms with E-state index in [1.54, 1.807) is 18.2 Å². The highest BCUT2D eigenvalue weighted by atomic mass is 16.6. The minimum Gasteiger partial charge on any atom is -0.479 e. The lowest BCUT2D eigenvalue weighted by Gasteiger charge is -2.34. The normalized spacial score (nSPS) is 16.5. The second-order valence-electron chi connectivity index (χ2n) is 8.01. The van der Waals surface area contributed by atoms with E-state index in [0.717, 1.165) is 27.8 Å². The molecule has 1 heterocycles. The fourth-order valence-electron chi connectivity index (χ4n) is 4.84. The van der Waals surface area contributed by atoms with Crippen LogP contribution in [-0.4, -0.2) is 35.2 Å². The third-order valence-electron chi connectivity index (χ3n) is 6.30. The van der Waals surface area contributed by atoms with Gasteiger partial charge in [0.15, 0.2) is 6.04 Å². The monoisotopic (exact) mass is 424 g/mol. The maximum Gasteiger partial charge on any atom is 0.410 e. The smallest absolute Gasteiger partial charge is 0.410 e. The first kappa shape index (κ1) is 19.8. The molecule has 0 bridgehead atoms. The van der Waals surface area contributed by atoms with E-state index in [0.29, 0.717) is 17.5 Å². The number of hydrogen-bond acceptors (Lipinski definition) is 4. The van der Waals surface area contributed by atoms with Gasteiger partial charge in [0.25, 0.3) is 0 Å². The van der Waals surface area contributed by atoms with Gasteiger partial charge in [0, 0.05) is 12.5 Å². The number of amides is 1. The van der Waals surface area contributed by atoms with Crippen molar-refractivity contribution in [1.82, 2.24) is 4.90 Å². The third kappa shape index (κ3) is 3.19. The number of nitrogens with zero attached hydrogens (tertiary/aromatic N) is 2. The summed E-state index contributed by atoms with van der Waals surface area (Å²) < 4.78 is 5.69. The molecule has 6 nitrogen and oxygen atoms in total. The molecule has 0 saturated heterocycles. The van der Waals surface area contributed by atoms with Crippen LogP contribution in [0, 0.1) is 11.3 Å². The average molecular weight is 424 g/mol. The highest BCUT2D eigenvalue weighted by Crippen LogP contribution is 2.44. The van der Waals surface area contributed by atoms with Gasteiger partial charge in [-0.15, -0.1) is 0 Å². The summed E-state index contributed by atoms with van der Waals surface area (Å²) in [5.41, 5.74) is 6.24. The number of benzene rings is 3. The average Bonchev–Trinajstić information content (AvgIpc) is 3.15. The molecular formula is C26H20N2O4. The Morgan fingerprint density at radius 3 is 2.28 bits per heavy atom. The first-order chi connectivity index (χ1) is 15.6. The van der Waals surface area contributed by atoms with Crippen LogP contribution in [0.2, 0.25) is 0 Å². The lowest BCUT2D eigenvalue weighted by molar-refractivity contribution is -0.143. The fraction of sp³-hybridized carbons (Fsp3) is 0.192. The molecule has 0 spiro atoms. The van der Waals surface area contributed by atoms with Crippen LogP contribution in [0.15, 0.2) is 66.7 Å². The molecule has 1 N–H and O–H groups in total. The molecule has 0 saturated carbocycles. The quantitative estimate of drug-likeness (QED) is 0.669. The number of carboxylic acid groups (broad SMARTS) is 1. The molecule has 3 aromatic rings. The van der Waals surface area contributed by atoms with Crippen molar-refractivity contribution >= 4 is 12.1 Å².